The fourth-order valence-electron chi connectivity index (χ4n) is 2.94. The van der Waals surface area contributed by atoms with Gasteiger partial charge in [0.15, 0.2) is 0 Å². The van der Waals surface area contributed by atoms with Crippen molar-refractivity contribution < 1.29 is 13.2 Å². The van der Waals surface area contributed by atoms with Crippen molar-refractivity contribution in [3.05, 3.63) is 11.5 Å². The Balaban J connectivity index is 2.14. The highest BCUT2D eigenvalue weighted by molar-refractivity contribution is 7.92. The Hall–Kier alpha value is -0.880. The quantitative estimate of drug-likeness (QED) is 0.523. The lowest BCUT2D eigenvalue weighted by Crippen LogP contribution is -2.35. The molecule has 1 rings (SSSR count). The van der Waals surface area contributed by atoms with E-state index in [1.807, 2.05) is 0 Å². The standard InChI is InChI=1S/C18H34N2O3S/c1-2-3-4-5-6-7-8-9-10-11-15-24(22,23)20-17-13-12-14-19-18(21)16-17/h11,15,17,20H,2-10,12-14,16H2,1H3,(H,19,21)/t17-/m0/s1. The summed E-state index contributed by atoms with van der Waals surface area (Å²) in [5, 5.41) is 4.02. The topological polar surface area (TPSA) is 75.3 Å². The molecule has 1 atom stereocenters. The van der Waals surface area contributed by atoms with Crippen molar-refractivity contribution >= 4 is 15.9 Å². The third-order valence-corrected chi connectivity index (χ3v) is 5.53. The van der Waals surface area contributed by atoms with Crippen molar-refractivity contribution in [1.82, 2.24) is 10.0 Å². The third kappa shape index (κ3) is 10.8. The summed E-state index contributed by atoms with van der Waals surface area (Å²) in [6.07, 6.45) is 14.2. The molecule has 0 spiro atoms. The SMILES string of the molecule is CCCCCCCCCCC=CS(=O)(=O)N[C@H]1CCCNC(=O)C1. The number of carbonyl (C=O) groups is 1. The third-order valence-electron chi connectivity index (χ3n) is 4.31. The van der Waals surface area contributed by atoms with Gasteiger partial charge in [0.2, 0.25) is 15.9 Å². The molecule has 1 amide bonds. The number of nitrogens with one attached hydrogen (secondary N) is 2. The van der Waals surface area contributed by atoms with Crippen LogP contribution in [0.25, 0.3) is 0 Å². The lowest BCUT2D eigenvalue weighted by atomic mass is 10.1. The predicted molar refractivity (Wildman–Crippen MR) is 99.1 cm³/mol. The molecule has 0 aromatic carbocycles. The van der Waals surface area contributed by atoms with E-state index in [1.165, 1.54) is 43.9 Å². The number of hydrogen-bond acceptors (Lipinski definition) is 3. The highest BCUT2D eigenvalue weighted by atomic mass is 32.2. The van der Waals surface area contributed by atoms with E-state index in [0.717, 1.165) is 25.7 Å². The van der Waals surface area contributed by atoms with E-state index in [2.05, 4.69) is 17.0 Å². The first kappa shape index (κ1) is 21.2. The van der Waals surface area contributed by atoms with E-state index in [0.29, 0.717) is 13.0 Å². The van der Waals surface area contributed by atoms with Gasteiger partial charge >= 0.3 is 0 Å². The van der Waals surface area contributed by atoms with Crippen molar-refractivity contribution in [3.63, 3.8) is 0 Å². The largest absolute Gasteiger partial charge is 0.356 e. The minimum absolute atomic E-state index is 0.0804. The van der Waals surface area contributed by atoms with E-state index in [9.17, 15) is 13.2 Å². The average Bonchev–Trinajstić information content (AvgIpc) is 2.72. The summed E-state index contributed by atoms with van der Waals surface area (Å²) >= 11 is 0. The molecule has 2 N–H and O–H groups in total. The molecule has 1 aliphatic rings. The van der Waals surface area contributed by atoms with Gasteiger partial charge in [0.05, 0.1) is 0 Å². The molecule has 0 bridgehead atoms. The van der Waals surface area contributed by atoms with E-state index < -0.39 is 10.0 Å². The molecular weight excluding hydrogens is 324 g/mol. The number of amides is 1. The van der Waals surface area contributed by atoms with Crippen LogP contribution in [0.4, 0.5) is 0 Å². The minimum Gasteiger partial charge on any atom is -0.356 e. The van der Waals surface area contributed by atoms with Crippen LogP contribution in [0, 0.1) is 0 Å². The summed E-state index contributed by atoms with van der Waals surface area (Å²) in [4.78, 5) is 11.5. The summed E-state index contributed by atoms with van der Waals surface area (Å²) < 4.78 is 26.7. The first-order chi connectivity index (χ1) is 11.5. The van der Waals surface area contributed by atoms with Crippen molar-refractivity contribution in [1.29, 1.82) is 0 Å². The van der Waals surface area contributed by atoms with E-state index in [1.54, 1.807) is 6.08 Å². The zero-order chi connectivity index (χ0) is 17.7. The number of hydrogen-bond donors (Lipinski definition) is 2. The maximum absolute atomic E-state index is 12.0. The van der Waals surface area contributed by atoms with Gasteiger partial charge in [0.1, 0.15) is 0 Å². The lowest BCUT2D eigenvalue weighted by molar-refractivity contribution is -0.121. The maximum atomic E-state index is 12.0. The predicted octanol–water partition coefficient (Wildman–Crippen LogP) is 3.62. The zero-order valence-electron chi connectivity index (χ0n) is 15.1. The maximum Gasteiger partial charge on any atom is 0.233 e. The van der Waals surface area contributed by atoms with Gasteiger partial charge in [-0.25, -0.2) is 13.1 Å². The molecule has 1 fully saturated rings. The molecule has 0 aromatic rings. The smallest absolute Gasteiger partial charge is 0.233 e. The molecule has 1 aliphatic heterocycles. The Labute approximate surface area is 147 Å². The van der Waals surface area contributed by atoms with Gasteiger partial charge < -0.3 is 5.32 Å². The van der Waals surface area contributed by atoms with Crippen molar-refractivity contribution in [3.8, 4) is 0 Å². The highest BCUT2D eigenvalue weighted by Gasteiger charge is 2.20. The molecule has 24 heavy (non-hydrogen) atoms. The number of carbonyl (C=O) groups excluding carboxylic acids is 1. The molecule has 1 heterocycles. The second-order valence-corrected chi connectivity index (χ2v) is 8.29. The molecule has 5 nitrogen and oxygen atoms in total. The zero-order valence-corrected chi connectivity index (χ0v) is 15.9. The van der Waals surface area contributed by atoms with E-state index >= 15 is 0 Å². The van der Waals surface area contributed by atoms with Crippen LogP contribution < -0.4 is 10.0 Å². The van der Waals surface area contributed by atoms with Crippen molar-refractivity contribution in [2.24, 2.45) is 0 Å². The Morgan fingerprint density at radius 3 is 2.50 bits per heavy atom. The summed E-state index contributed by atoms with van der Waals surface area (Å²) in [5.74, 6) is -0.0804. The molecule has 6 heteroatoms. The average molecular weight is 359 g/mol. The Bertz CT molecular complexity index is 475. The molecule has 140 valence electrons. The van der Waals surface area contributed by atoms with Crippen LogP contribution in [0.5, 0.6) is 0 Å². The van der Waals surface area contributed by atoms with Crippen molar-refractivity contribution in [2.45, 2.75) is 90.0 Å². The number of rotatable bonds is 12. The summed E-state index contributed by atoms with van der Waals surface area (Å²) in [6, 6.07) is -0.287. The molecule has 0 aromatic heterocycles. The molecular formula is C18H34N2O3S. The number of sulfonamides is 1. The van der Waals surface area contributed by atoms with Crippen LogP contribution in [-0.4, -0.2) is 26.9 Å². The van der Waals surface area contributed by atoms with Crippen molar-refractivity contribution in [2.75, 3.05) is 6.54 Å². The van der Waals surface area contributed by atoms with Gasteiger partial charge in [0, 0.05) is 24.4 Å². The van der Waals surface area contributed by atoms with Gasteiger partial charge in [-0.05, 0) is 25.7 Å². The fraction of sp³-hybridized carbons (Fsp3) is 0.833. The molecule has 0 aliphatic carbocycles. The lowest BCUT2D eigenvalue weighted by Gasteiger charge is -2.13. The summed E-state index contributed by atoms with van der Waals surface area (Å²) in [6.45, 7) is 2.85. The first-order valence-corrected chi connectivity index (χ1v) is 11.0. The first-order valence-electron chi connectivity index (χ1n) is 9.49. The van der Waals surface area contributed by atoms with Crippen LogP contribution in [0.2, 0.25) is 0 Å². The Morgan fingerprint density at radius 1 is 1.12 bits per heavy atom. The van der Waals surface area contributed by atoms with Gasteiger partial charge in [0.25, 0.3) is 0 Å². The molecule has 0 unspecified atom stereocenters. The minimum atomic E-state index is -3.44. The van der Waals surface area contributed by atoms with Gasteiger partial charge in [-0.1, -0.05) is 57.9 Å². The second kappa shape index (κ2) is 12.5. The van der Waals surface area contributed by atoms with E-state index in [4.69, 9.17) is 0 Å². The monoisotopic (exact) mass is 358 g/mol. The van der Waals surface area contributed by atoms with Gasteiger partial charge in [-0.3, -0.25) is 4.79 Å². The highest BCUT2D eigenvalue weighted by Crippen LogP contribution is 2.11. The van der Waals surface area contributed by atoms with E-state index in [-0.39, 0.29) is 18.4 Å². The Morgan fingerprint density at radius 2 is 1.79 bits per heavy atom. The van der Waals surface area contributed by atoms with Crippen LogP contribution >= 0.6 is 0 Å². The summed E-state index contributed by atoms with van der Waals surface area (Å²) in [5.41, 5.74) is 0. The van der Waals surface area contributed by atoms with Crippen LogP contribution in [0.1, 0.15) is 84.0 Å². The summed E-state index contributed by atoms with van der Waals surface area (Å²) in [7, 11) is -3.44. The molecule has 0 radical (unpaired) electrons. The molecule has 0 saturated carbocycles. The number of allylic oxidation sites excluding steroid dienone is 1. The Kier molecular flexibility index (Phi) is 11.0. The van der Waals surface area contributed by atoms with Gasteiger partial charge in [-0.2, -0.15) is 0 Å². The normalized spacial score (nSPS) is 19.4. The fourth-order valence-corrected chi connectivity index (χ4v) is 4.07. The van der Waals surface area contributed by atoms with Crippen LogP contribution in [-0.2, 0) is 14.8 Å². The second-order valence-electron chi connectivity index (χ2n) is 6.69. The van der Waals surface area contributed by atoms with Crippen LogP contribution in [0.3, 0.4) is 0 Å². The van der Waals surface area contributed by atoms with Crippen LogP contribution in [0.15, 0.2) is 11.5 Å². The number of unbranched alkanes of at least 4 members (excludes halogenated alkanes) is 8. The van der Waals surface area contributed by atoms with Gasteiger partial charge in [-0.15, -0.1) is 0 Å². The molecule has 1 saturated heterocycles.